The van der Waals surface area contributed by atoms with Crippen molar-refractivity contribution in [2.24, 2.45) is 0 Å². The second kappa shape index (κ2) is 2.22. The first-order valence-corrected chi connectivity index (χ1v) is 4.01. The number of nitrogens with two attached hydrogens (primary N) is 1. The number of hydrogen-bond acceptors (Lipinski definition) is 2. The highest BCUT2D eigenvalue weighted by Gasteiger charge is 2.18. The molecule has 1 aliphatic carbocycles. The lowest BCUT2D eigenvalue weighted by molar-refractivity contribution is 0.747. The van der Waals surface area contributed by atoms with Gasteiger partial charge in [-0.05, 0) is 36.0 Å². The average molecular weight is 148 g/mol. The maximum absolute atomic E-state index is 5.58. The Labute approximate surface area is 66.4 Å². The van der Waals surface area contributed by atoms with Gasteiger partial charge >= 0.3 is 0 Å². The van der Waals surface area contributed by atoms with Crippen molar-refractivity contribution >= 4 is 5.82 Å². The Morgan fingerprint density at radius 1 is 1.64 bits per heavy atom. The molecule has 0 aromatic carbocycles. The second-order valence-corrected chi connectivity index (χ2v) is 3.25. The van der Waals surface area contributed by atoms with Gasteiger partial charge in [-0.25, -0.2) is 4.98 Å². The quantitative estimate of drug-likeness (QED) is 0.608. The van der Waals surface area contributed by atoms with Crippen molar-refractivity contribution in [1.82, 2.24) is 4.98 Å². The van der Waals surface area contributed by atoms with Gasteiger partial charge in [-0.1, -0.05) is 6.92 Å². The summed E-state index contributed by atoms with van der Waals surface area (Å²) < 4.78 is 0. The topological polar surface area (TPSA) is 38.9 Å². The van der Waals surface area contributed by atoms with Crippen LogP contribution in [0.25, 0.3) is 0 Å². The van der Waals surface area contributed by atoms with E-state index >= 15 is 0 Å². The smallest absolute Gasteiger partial charge is 0.123 e. The Balaban J connectivity index is 2.52. The highest BCUT2D eigenvalue weighted by atomic mass is 14.8. The van der Waals surface area contributed by atoms with Gasteiger partial charge in [0.2, 0.25) is 0 Å². The molecule has 2 N–H and O–H groups in total. The van der Waals surface area contributed by atoms with Crippen molar-refractivity contribution in [3.8, 4) is 0 Å². The number of anilines is 1. The Morgan fingerprint density at radius 3 is 3.27 bits per heavy atom. The number of aromatic nitrogens is 1. The second-order valence-electron chi connectivity index (χ2n) is 3.25. The molecule has 0 bridgehead atoms. The van der Waals surface area contributed by atoms with Gasteiger partial charge in [0, 0.05) is 6.20 Å². The summed E-state index contributed by atoms with van der Waals surface area (Å²) in [4.78, 5) is 4.06. The molecule has 11 heavy (non-hydrogen) atoms. The first kappa shape index (κ1) is 6.65. The lowest BCUT2D eigenvalue weighted by atomic mass is 10.1. The van der Waals surface area contributed by atoms with Gasteiger partial charge < -0.3 is 5.73 Å². The van der Waals surface area contributed by atoms with Crippen LogP contribution in [0.15, 0.2) is 12.3 Å². The van der Waals surface area contributed by atoms with Crippen LogP contribution >= 0.6 is 0 Å². The molecule has 0 aliphatic heterocycles. The van der Waals surface area contributed by atoms with Gasteiger partial charge in [0.05, 0.1) is 0 Å². The summed E-state index contributed by atoms with van der Waals surface area (Å²) in [7, 11) is 0. The molecule has 0 saturated heterocycles. The maximum Gasteiger partial charge on any atom is 0.123 e. The summed E-state index contributed by atoms with van der Waals surface area (Å²) in [5.74, 6) is 1.33. The third-order valence-corrected chi connectivity index (χ3v) is 2.42. The fraction of sp³-hybridized carbons (Fsp3) is 0.444. The van der Waals surface area contributed by atoms with Crippen molar-refractivity contribution in [1.29, 1.82) is 0 Å². The standard InChI is InChI=1S/C9H12N2/c1-6-2-3-7-5-11-9(10)4-8(6)7/h4-6H,2-3H2,1H3,(H2,10,11). The van der Waals surface area contributed by atoms with E-state index in [4.69, 9.17) is 5.73 Å². The van der Waals surface area contributed by atoms with Crippen LogP contribution < -0.4 is 5.73 Å². The van der Waals surface area contributed by atoms with E-state index in [1.54, 1.807) is 0 Å². The summed E-state index contributed by atoms with van der Waals surface area (Å²) >= 11 is 0. The SMILES string of the molecule is CC1CCc2cnc(N)cc21. The summed E-state index contributed by atoms with van der Waals surface area (Å²) in [6.07, 6.45) is 4.33. The van der Waals surface area contributed by atoms with E-state index in [1.165, 1.54) is 24.0 Å². The molecule has 0 amide bonds. The highest BCUT2D eigenvalue weighted by Crippen LogP contribution is 2.32. The van der Waals surface area contributed by atoms with E-state index in [2.05, 4.69) is 11.9 Å². The molecule has 1 aromatic rings. The fourth-order valence-corrected chi connectivity index (χ4v) is 1.71. The predicted octanol–water partition coefficient (Wildman–Crippen LogP) is 1.71. The normalized spacial score (nSPS) is 21.7. The summed E-state index contributed by atoms with van der Waals surface area (Å²) in [6, 6.07) is 2.01. The molecule has 2 rings (SSSR count). The number of pyridine rings is 1. The van der Waals surface area contributed by atoms with E-state index in [0.29, 0.717) is 11.7 Å². The number of nitrogens with zero attached hydrogens (tertiary/aromatic N) is 1. The third kappa shape index (κ3) is 0.985. The van der Waals surface area contributed by atoms with Crippen LogP contribution in [0.2, 0.25) is 0 Å². The number of nitrogen functional groups attached to an aromatic ring is 1. The Hall–Kier alpha value is -1.05. The van der Waals surface area contributed by atoms with Crippen LogP contribution in [0.5, 0.6) is 0 Å². The summed E-state index contributed by atoms with van der Waals surface area (Å²) in [5.41, 5.74) is 8.36. The van der Waals surface area contributed by atoms with Gasteiger partial charge in [-0.15, -0.1) is 0 Å². The third-order valence-electron chi connectivity index (χ3n) is 2.42. The zero-order valence-electron chi connectivity index (χ0n) is 6.67. The van der Waals surface area contributed by atoms with E-state index in [9.17, 15) is 0 Å². The molecule has 58 valence electrons. The number of rotatable bonds is 0. The lowest BCUT2D eigenvalue weighted by Gasteiger charge is -2.03. The highest BCUT2D eigenvalue weighted by molar-refractivity contribution is 5.41. The van der Waals surface area contributed by atoms with E-state index < -0.39 is 0 Å². The molecular formula is C9H12N2. The molecule has 1 heterocycles. The van der Waals surface area contributed by atoms with Gasteiger partial charge in [0.1, 0.15) is 5.82 Å². The van der Waals surface area contributed by atoms with Crippen molar-refractivity contribution in [2.45, 2.75) is 25.7 Å². The molecule has 0 radical (unpaired) electrons. The van der Waals surface area contributed by atoms with Crippen LogP contribution in [-0.2, 0) is 6.42 Å². The van der Waals surface area contributed by atoms with Crippen molar-refractivity contribution in [3.05, 3.63) is 23.4 Å². The summed E-state index contributed by atoms with van der Waals surface area (Å²) in [6.45, 7) is 2.24. The maximum atomic E-state index is 5.58. The van der Waals surface area contributed by atoms with Gasteiger partial charge in [-0.3, -0.25) is 0 Å². The minimum Gasteiger partial charge on any atom is -0.384 e. The molecule has 0 fully saturated rings. The minimum absolute atomic E-state index is 0.650. The molecule has 0 saturated carbocycles. The monoisotopic (exact) mass is 148 g/mol. The van der Waals surface area contributed by atoms with E-state index in [1.807, 2.05) is 12.3 Å². The zero-order valence-corrected chi connectivity index (χ0v) is 6.67. The Morgan fingerprint density at radius 2 is 2.45 bits per heavy atom. The molecule has 1 aliphatic rings. The van der Waals surface area contributed by atoms with E-state index in [0.717, 1.165) is 0 Å². The van der Waals surface area contributed by atoms with Crippen molar-refractivity contribution in [2.75, 3.05) is 5.73 Å². The van der Waals surface area contributed by atoms with E-state index in [-0.39, 0.29) is 0 Å². The number of hydrogen-bond donors (Lipinski definition) is 1. The van der Waals surface area contributed by atoms with Gasteiger partial charge in [0.15, 0.2) is 0 Å². The van der Waals surface area contributed by atoms with Gasteiger partial charge in [-0.2, -0.15) is 0 Å². The molecule has 1 atom stereocenters. The lowest BCUT2D eigenvalue weighted by Crippen LogP contribution is -1.93. The van der Waals surface area contributed by atoms with Crippen LogP contribution in [-0.4, -0.2) is 4.98 Å². The largest absolute Gasteiger partial charge is 0.384 e. The molecule has 0 spiro atoms. The van der Waals surface area contributed by atoms with Crippen molar-refractivity contribution < 1.29 is 0 Å². The van der Waals surface area contributed by atoms with Crippen LogP contribution in [0.3, 0.4) is 0 Å². The molecule has 2 nitrogen and oxygen atoms in total. The minimum atomic E-state index is 0.650. The first-order valence-electron chi connectivity index (χ1n) is 4.01. The predicted molar refractivity (Wildman–Crippen MR) is 45.4 cm³/mol. The molecule has 1 unspecified atom stereocenters. The first-order chi connectivity index (χ1) is 5.27. The zero-order chi connectivity index (χ0) is 7.84. The number of aryl methyl sites for hydroxylation is 1. The van der Waals surface area contributed by atoms with Crippen LogP contribution in [0, 0.1) is 0 Å². The number of fused-ring (bicyclic) bond motifs is 1. The van der Waals surface area contributed by atoms with Crippen molar-refractivity contribution in [3.63, 3.8) is 0 Å². The van der Waals surface area contributed by atoms with Crippen LogP contribution in [0.4, 0.5) is 5.82 Å². The molecule has 1 aromatic heterocycles. The Kier molecular flexibility index (Phi) is 1.34. The summed E-state index contributed by atoms with van der Waals surface area (Å²) in [5, 5.41) is 0. The fourth-order valence-electron chi connectivity index (χ4n) is 1.71. The molecular weight excluding hydrogens is 136 g/mol. The molecule has 2 heteroatoms. The average Bonchev–Trinajstić information content (AvgIpc) is 2.33. The van der Waals surface area contributed by atoms with Gasteiger partial charge in [0.25, 0.3) is 0 Å². The van der Waals surface area contributed by atoms with Crippen LogP contribution in [0.1, 0.15) is 30.4 Å². The Bertz CT molecular complexity index is 281.